The zero-order valence-corrected chi connectivity index (χ0v) is 35.4. The van der Waals surface area contributed by atoms with Crippen LogP contribution in [0, 0.1) is 0 Å². The molecule has 11 rings (SSSR count). The fourth-order valence-electron chi connectivity index (χ4n) is 9.25. The molecule has 0 heterocycles. The quantitative estimate of drug-likeness (QED) is 0.101. The van der Waals surface area contributed by atoms with E-state index in [-0.39, 0.29) is 0 Å². The van der Waals surface area contributed by atoms with E-state index in [1.54, 1.807) is 0 Å². The molecule has 11 aromatic rings. The molecule has 0 saturated carbocycles. The summed E-state index contributed by atoms with van der Waals surface area (Å²) in [5.41, 5.74) is 16.8. The molecule has 0 heteroatoms. The van der Waals surface area contributed by atoms with Gasteiger partial charge in [-0.1, -0.05) is 249 Å². The van der Waals surface area contributed by atoms with E-state index in [0.717, 1.165) is 0 Å². The molecule has 0 bridgehead atoms. The number of hydrogen-bond acceptors (Lipinski definition) is 0. The summed E-state index contributed by atoms with van der Waals surface area (Å²) in [6, 6.07) is 88.3. The molecule has 0 aliphatic heterocycles. The first kappa shape index (κ1) is 38.6. The Morgan fingerprint density at radius 3 is 1.23 bits per heavy atom. The van der Waals surface area contributed by atoms with Gasteiger partial charge in [-0.25, -0.2) is 0 Å². The lowest BCUT2D eigenvalue weighted by Gasteiger charge is -2.21. The molecule has 0 aliphatic carbocycles. The highest BCUT2D eigenvalue weighted by atomic mass is 14.2. The highest BCUT2D eigenvalue weighted by Gasteiger charge is 2.20. The van der Waals surface area contributed by atoms with Crippen LogP contribution in [-0.2, 0) is 0 Å². The van der Waals surface area contributed by atoms with Crippen LogP contribution in [0.4, 0.5) is 0 Å². The highest BCUT2D eigenvalue weighted by molar-refractivity contribution is 6.25. The van der Waals surface area contributed by atoms with Crippen LogP contribution in [-0.4, -0.2) is 0 Å². The lowest BCUT2D eigenvalue weighted by atomic mass is 9.82. The van der Waals surface area contributed by atoms with Gasteiger partial charge in [-0.3, -0.25) is 0 Å². The van der Waals surface area contributed by atoms with Crippen molar-refractivity contribution in [2.24, 2.45) is 0 Å². The van der Waals surface area contributed by atoms with Crippen LogP contribution in [0.25, 0.3) is 112 Å². The zero-order chi connectivity index (χ0) is 42.7. The van der Waals surface area contributed by atoms with E-state index in [1.165, 1.54) is 110 Å². The fraction of sp³-hybridized carbons (Fsp3) is 0. The molecule has 0 atom stereocenters. The van der Waals surface area contributed by atoms with E-state index < -0.39 is 0 Å². The highest BCUT2D eigenvalue weighted by Crippen LogP contribution is 2.47. The SMILES string of the molecule is C(=C\c1cccc(-c2ccc(-c3c4ccccc4c(-c4ccc(-c5cccc(/C=C/c6ccccc6)c5)cc4)c4c(-c5ccc6ccccc6c5)cccc34)cc2)c1)/c1ccccc1. The third-order valence-corrected chi connectivity index (χ3v) is 12.4. The molecule has 0 N–H and O–H groups in total. The van der Waals surface area contributed by atoms with Crippen LogP contribution >= 0.6 is 0 Å². The van der Waals surface area contributed by atoms with Crippen molar-refractivity contribution in [1.29, 1.82) is 0 Å². The second-order valence-corrected chi connectivity index (χ2v) is 16.5. The van der Waals surface area contributed by atoms with Gasteiger partial charge in [-0.15, -0.1) is 0 Å². The molecule has 0 radical (unpaired) electrons. The van der Waals surface area contributed by atoms with Crippen molar-refractivity contribution in [2.45, 2.75) is 0 Å². The zero-order valence-electron chi connectivity index (χ0n) is 35.4. The molecule has 64 heavy (non-hydrogen) atoms. The molecule has 11 aromatic carbocycles. The molecule has 300 valence electrons. The van der Waals surface area contributed by atoms with Gasteiger partial charge in [-0.05, 0) is 128 Å². The Hall–Kier alpha value is -8.32. The molecular formula is C64H44. The lowest BCUT2D eigenvalue weighted by molar-refractivity contribution is 1.58. The largest absolute Gasteiger partial charge is 0.0622 e. The minimum Gasteiger partial charge on any atom is -0.0622 e. The van der Waals surface area contributed by atoms with Gasteiger partial charge in [0.1, 0.15) is 0 Å². The predicted octanol–water partition coefficient (Wildman–Crippen LogP) is 17.8. The van der Waals surface area contributed by atoms with Gasteiger partial charge >= 0.3 is 0 Å². The Bertz CT molecular complexity index is 3500. The molecule has 0 saturated heterocycles. The number of benzene rings is 11. The average molecular weight is 813 g/mol. The van der Waals surface area contributed by atoms with Crippen molar-refractivity contribution in [3.8, 4) is 55.6 Å². The van der Waals surface area contributed by atoms with Crippen molar-refractivity contribution in [3.05, 3.63) is 265 Å². The Balaban J connectivity index is 1.04. The summed E-state index contributed by atoms with van der Waals surface area (Å²) in [6.07, 6.45) is 8.73. The average Bonchev–Trinajstić information content (AvgIpc) is 3.37. The predicted molar refractivity (Wildman–Crippen MR) is 277 cm³/mol. The molecule has 0 aromatic heterocycles. The van der Waals surface area contributed by atoms with Gasteiger partial charge in [-0.2, -0.15) is 0 Å². The lowest BCUT2D eigenvalue weighted by Crippen LogP contribution is -1.93. The van der Waals surface area contributed by atoms with Crippen molar-refractivity contribution >= 4 is 56.6 Å². The third kappa shape index (κ3) is 7.75. The Kier molecular flexibility index (Phi) is 10.4. The van der Waals surface area contributed by atoms with E-state index >= 15 is 0 Å². The summed E-state index contributed by atoms with van der Waals surface area (Å²) >= 11 is 0. The van der Waals surface area contributed by atoms with Gasteiger partial charge in [0.15, 0.2) is 0 Å². The third-order valence-electron chi connectivity index (χ3n) is 12.4. The summed E-state index contributed by atoms with van der Waals surface area (Å²) < 4.78 is 0. The van der Waals surface area contributed by atoms with E-state index in [9.17, 15) is 0 Å². The Morgan fingerprint density at radius 2 is 0.641 bits per heavy atom. The first-order valence-corrected chi connectivity index (χ1v) is 22.1. The molecule has 0 amide bonds. The standard InChI is InChI=1S/C64H44/c1-3-14-45(15-4-1)28-30-47-18-11-22-54(42-47)50-32-37-52(38-33-50)62-59-24-9-10-25-60(59)63(64-58(26-13-27-61(62)64)57-41-36-49-20-7-8-21-56(49)44-57)53-39-34-51(35-40-53)55-23-12-19-48(43-55)31-29-46-16-5-2-6-17-46/h1-44H/b30-28+,31-29+. The summed E-state index contributed by atoms with van der Waals surface area (Å²) in [6.45, 7) is 0. The molecule has 0 spiro atoms. The topological polar surface area (TPSA) is 0 Å². The second-order valence-electron chi connectivity index (χ2n) is 16.5. The van der Waals surface area contributed by atoms with E-state index in [0.29, 0.717) is 0 Å². The maximum Gasteiger partial charge on any atom is -0.00141 e. The summed E-state index contributed by atoms with van der Waals surface area (Å²) in [5.74, 6) is 0. The number of rotatable bonds is 9. The first-order chi connectivity index (χ1) is 31.7. The van der Waals surface area contributed by atoms with Crippen LogP contribution in [0.15, 0.2) is 243 Å². The van der Waals surface area contributed by atoms with Crippen LogP contribution in [0.1, 0.15) is 22.3 Å². The normalized spacial score (nSPS) is 11.6. The van der Waals surface area contributed by atoms with E-state index in [2.05, 4.69) is 267 Å². The minimum absolute atomic E-state index is 1.18. The van der Waals surface area contributed by atoms with E-state index in [4.69, 9.17) is 0 Å². The molecule has 0 aliphatic rings. The first-order valence-electron chi connectivity index (χ1n) is 22.1. The number of fused-ring (bicyclic) bond motifs is 3. The van der Waals surface area contributed by atoms with Gasteiger partial charge in [0, 0.05) is 0 Å². The van der Waals surface area contributed by atoms with Crippen LogP contribution < -0.4 is 0 Å². The Labute approximate surface area is 375 Å². The smallest absolute Gasteiger partial charge is 0.00141 e. The molecular weight excluding hydrogens is 769 g/mol. The van der Waals surface area contributed by atoms with E-state index in [1.807, 2.05) is 0 Å². The van der Waals surface area contributed by atoms with Crippen molar-refractivity contribution in [2.75, 3.05) is 0 Å². The summed E-state index contributed by atoms with van der Waals surface area (Å²) in [7, 11) is 0. The maximum absolute atomic E-state index is 2.35. The molecule has 0 nitrogen and oxygen atoms in total. The number of hydrogen-bond donors (Lipinski definition) is 0. The second kappa shape index (κ2) is 17.2. The monoisotopic (exact) mass is 812 g/mol. The van der Waals surface area contributed by atoms with Crippen LogP contribution in [0.5, 0.6) is 0 Å². The van der Waals surface area contributed by atoms with Crippen LogP contribution in [0.2, 0.25) is 0 Å². The minimum atomic E-state index is 1.18. The van der Waals surface area contributed by atoms with Gasteiger partial charge < -0.3 is 0 Å². The summed E-state index contributed by atoms with van der Waals surface area (Å²) in [5, 5.41) is 7.45. The van der Waals surface area contributed by atoms with Crippen molar-refractivity contribution in [3.63, 3.8) is 0 Å². The fourth-order valence-corrected chi connectivity index (χ4v) is 9.25. The molecule has 0 fully saturated rings. The van der Waals surface area contributed by atoms with Gasteiger partial charge in [0.25, 0.3) is 0 Å². The van der Waals surface area contributed by atoms with Crippen molar-refractivity contribution in [1.82, 2.24) is 0 Å². The van der Waals surface area contributed by atoms with Crippen molar-refractivity contribution < 1.29 is 0 Å². The summed E-state index contributed by atoms with van der Waals surface area (Å²) in [4.78, 5) is 0. The van der Waals surface area contributed by atoms with Crippen LogP contribution in [0.3, 0.4) is 0 Å². The molecule has 0 unspecified atom stereocenters. The maximum atomic E-state index is 2.35. The Morgan fingerprint density at radius 1 is 0.219 bits per heavy atom. The van der Waals surface area contributed by atoms with Gasteiger partial charge in [0.2, 0.25) is 0 Å². The van der Waals surface area contributed by atoms with Gasteiger partial charge in [0.05, 0.1) is 0 Å².